The van der Waals surface area contributed by atoms with Gasteiger partial charge in [0.05, 0.1) is 6.54 Å². The number of halogens is 2. The zero-order valence-corrected chi connectivity index (χ0v) is 9.85. The Balaban J connectivity index is 1.70. The minimum absolute atomic E-state index is 0.203. The van der Waals surface area contributed by atoms with E-state index in [0.717, 1.165) is 10.3 Å². The van der Waals surface area contributed by atoms with Crippen LogP contribution in [0.2, 0.25) is 0 Å². The molecular weight excluding hydrogens is 256 g/mol. The summed E-state index contributed by atoms with van der Waals surface area (Å²) < 4.78 is 36.5. The highest BCUT2D eigenvalue weighted by Crippen LogP contribution is 2.34. The Morgan fingerprint density at radius 2 is 2.16 bits per heavy atom. The van der Waals surface area contributed by atoms with Gasteiger partial charge in [-0.3, -0.25) is 4.57 Å². The lowest BCUT2D eigenvalue weighted by molar-refractivity contribution is 0.0673. The van der Waals surface area contributed by atoms with Gasteiger partial charge in [0.15, 0.2) is 11.5 Å². The highest BCUT2D eigenvalue weighted by atomic mass is 19.3. The number of nitrogens with one attached hydrogen (secondary N) is 1. The van der Waals surface area contributed by atoms with E-state index >= 15 is 0 Å². The molecule has 1 N–H and O–H groups in total. The van der Waals surface area contributed by atoms with Crippen molar-refractivity contribution in [3.05, 3.63) is 36.4 Å². The fourth-order valence-corrected chi connectivity index (χ4v) is 1.85. The first-order chi connectivity index (χ1) is 9.24. The first-order valence-electron chi connectivity index (χ1n) is 5.67. The average molecular weight is 267 g/mol. The SMILES string of the molecule is FC(F)n1ccnc1CNc1ccc2c(c1)OCO2. The van der Waals surface area contributed by atoms with E-state index in [4.69, 9.17) is 9.47 Å². The lowest BCUT2D eigenvalue weighted by atomic mass is 10.3. The molecule has 0 fully saturated rings. The van der Waals surface area contributed by atoms with Gasteiger partial charge in [-0.05, 0) is 12.1 Å². The Labute approximate surface area is 107 Å². The number of imidazole rings is 1. The number of hydrogen-bond donors (Lipinski definition) is 1. The van der Waals surface area contributed by atoms with Gasteiger partial charge in [0, 0.05) is 24.1 Å². The molecule has 1 aromatic carbocycles. The molecule has 0 aliphatic carbocycles. The van der Waals surface area contributed by atoms with E-state index in [-0.39, 0.29) is 19.2 Å². The van der Waals surface area contributed by atoms with Crippen molar-refractivity contribution in [2.75, 3.05) is 12.1 Å². The number of hydrogen-bond acceptors (Lipinski definition) is 4. The van der Waals surface area contributed by atoms with Gasteiger partial charge >= 0.3 is 6.55 Å². The van der Waals surface area contributed by atoms with Crippen LogP contribution in [-0.4, -0.2) is 16.3 Å². The second-order valence-corrected chi connectivity index (χ2v) is 3.95. The number of rotatable bonds is 4. The van der Waals surface area contributed by atoms with Crippen LogP contribution in [0.25, 0.3) is 0 Å². The zero-order valence-electron chi connectivity index (χ0n) is 9.85. The molecule has 0 unspecified atom stereocenters. The predicted octanol–water partition coefficient (Wildman–Crippen LogP) is 2.62. The topological polar surface area (TPSA) is 48.3 Å². The van der Waals surface area contributed by atoms with E-state index in [9.17, 15) is 8.78 Å². The molecular formula is C12H11F2N3O2. The molecule has 1 aromatic heterocycles. The van der Waals surface area contributed by atoms with E-state index in [2.05, 4.69) is 10.3 Å². The van der Waals surface area contributed by atoms with E-state index in [0.29, 0.717) is 11.5 Å². The Morgan fingerprint density at radius 3 is 3.00 bits per heavy atom. The van der Waals surface area contributed by atoms with Gasteiger partial charge in [0.2, 0.25) is 6.79 Å². The van der Waals surface area contributed by atoms with Crippen LogP contribution in [0.5, 0.6) is 11.5 Å². The summed E-state index contributed by atoms with van der Waals surface area (Å²) in [6.07, 6.45) is 2.60. The minimum atomic E-state index is -2.59. The second-order valence-electron chi connectivity index (χ2n) is 3.95. The summed E-state index contributed by atoms with van der Waals surface area (Å²) in [6.45, 7) is -2.18. The Kier molecular flexibility index (Phi) is 2.94. The van der Waals surface area contributed by atoms with E-state index in [1.807, 2.05) is 0 Å². The minimum Gasteiger partial charge on any atom is -0.454 e. The standard InChI is InChI=1S/C12H11F2N3O2/c13-12(14)17-4-3-15-11(17)6-16-8-1-2-9-10(5-8)19-7-18-9/h1-5,12,16H,6-7H2. The molecule has 1 aliphatic rings. The van der Waals surface area contributed by atoms with Crippen molar-refractivity contribution in [1.29, 1.82) is 0 Å². The maximum atomic E-state index is 12.6. The molecule has 19 heavy (non-hydrogen) atoms. The summed E-state index contributed by atoms with van der Waals surface area (Å²) in [6, 6.07) is 5.32. The quantitative estimate of drug-likeness (QED) is 0.925. The van der Waals surface area contributed by atoms with Crippen LogP contribution in [-0.2, 0) is 6.54 Å². The van der Waals surface area contributed by atoms with Gasteiger partial charge in [-0.25, -0.2) is 4.98 Å². The third kappa shape index (κ3) is 2.31. The Morgan fingerprint density at radius 1 is 1.32 bits per heavy atom. The molecule has 0 atom stereocenters. The number of aromatic nitrogens is 2. The maximum Gasteiger partial charge on any atom is 0.319 e. The van der Waals surface area contributed by atoms with Crippen LogP contribution >= 0.6 is 0 Å². The smallest absolute Gasteiger partial charge is 0.319 e. The number of alkyl halides is 2. The molecule has 0 saturated carbocycles. The molecule has 7 heteroatoms. The van der Waals surface area contributed by atoms with Gasteiger partial charge in [0.25, 0.3) is 0 Å². The van der Waals surface area contributed by atoms with Crippen molar-refractivity contribution < 1.29 is 18.3 Å². The van der Waals surface area contributed by atoms with Crippen LogP contribution in [0.3, 0.4) is 0 Å². The zero-order chi connectivity index (χ0) is 13.2. The molecule has 0 radical (unpaired) electrons. The van der Waals surface area contributed by atoms with Crippen molar-refractivity contribution in [3.63, 3.8) is 0 Å². The van der Waals surface area contributed by atoms with Gasteiger partial charge in [-0.1, -0.05) is 0 Å². The molecule has 0 bridgehead atoms. The number of nitrogens with zero attached hydrogens (tertiary/aromatic N) is 2. The molecule has 0 amide bonds. The van der Waals surface area contributed by atoms with Crippen LogP contribution < -0.4 is 14.8 Å². The molecule has 0 saturated heterocycles. The highest BCUT2D eigenvalue weighted by Gasteiger charge is 2.14. The first kappa shape index (κ1) is 11.8. The maximum absolute atomic E-state index is 12.6. The van der Waals surface area contributed by atoms with Gasteiger partial charge < -0.3 is 14.8 Å². The summed E-state index contributed by atoms with van der Waals surface area (Å²) >= 11 is 0. The van der Waals surface area contributed by atoms with Crippen molar-refractivity contribution in [2.24, 2.45) is 0 Å². The van der Waals surface area contributed by atoms with Gasteiger partial charge in [-0.2, -0.15) is 8.78 Å². The van der Waals surface area contributed by atoms with Crippen LogP contribution in [0.1, 0.15) is 12.4 Å². The second kappa shape index (κ2) is 4.75. The lowest BCUT2D eigenvalue weighted by Gasteiger charge is -2.09. The Bertz CT molecular complexity index is 586. The number of fused-ring (bicyclic) bond motifs is 1. The van der Waals surface area contributed by atoms with Crippen LogP contribution in [0, 0.1) is 0 Å². The third-order valence-corrected chi connectivity index (χ3v) is 2.78. The third-order valence-electron chi connectivity index (χ3n) is 2.78. The normalized spacial score (nSPS) is 13.0. The van der Waals surface area contributed by atoms with Gasteiger partial charge in [0.1, 0.15) is 5.82 Å². The highest BCUT2D eigenvalue weighted by molar-refractivity contribution is 5.55. The number of benzene rings is 1. The summed E-state index contributed by atoms with van der Waals surface area (Å²) in [4.78, 5) is 3.89. The molecule has 2 heterocycles. The number of ether oxygens (including phenoxy) is 2. The fourth-order valence-electron chi connectivity index (χ4n) is 1.85. The summed E-state index contributed by atoms with van der Waals surface area (Å²) in [5.74, 6) is 1.59. The average Bonchev–Trinajstić information content (AvgIpc) is 3.04. The lowest BCUT2D eigenvalue weighted by Crippen LogP contribution is -2.08. The molecule has 3 rings (SSSR count). The van der Waals surface area contributed by atoms with Crippen LogP contribution in [0.4, 0.5) is 14.5 Å². The summed E-state index contributed by atoms with van der Waals surface area (Å²) in [5, 5.41) is 3.02. The van der Waals surface area contributed by atoms with Crippen LogP contribution in [0.15, 0.2) is 30.6 Å². The number of anilines is 1. The van der Waals surface area contributed by atoms with Crippen molar-refractivity contribution in [3.8, 4) is 11.5 Å². The van der Waals surface area contributed by atoms with E-state index < -0.39 is 6.55 Å². The summed E-state index contributed by atoms with van der Waals surface area (Å²) in [5.41, 5.74) is 0.757. The summed E-state index contributed by atoms with van der Waals surface area (Å²) in [7, 11) is 0. The predicted molar refractivity (Wildman–Crippen MR) is 63.4 cm³/mol. The van der Waals surface area contributed by atoms with E-state index in [1.165, 1.54) is 12.4 Å². The molecule has 5 nitrogen and oxygen atoms in total. The molecule has 2 aromatic rings. The Hall–Kier alpha value is -2.31. The molecule has 1 aliphatic heterocycles. The van der Waals surface area contributed by atoms with Crippen molar-refractivity contribution in [1.82, 2.24) is 9.55 Å². The molecule has 0 spiro atoms. The van der Waals surface area contributed by atoms with Gasteiger partial charge in [-0.15, -0.1) is 0 Å². The molecule has 100 valence electrons. The largest absolute Gasteiger partial charge is 0.454 e. The van der Waals surface area contributed by atoms with Crippen molar-refractivity contribution >= 4 is 5.69 Å². The fraction of sp³-hybridized carbons (Fsp3) is 0.250. The first-order valence-corrected chi connectivity index (χ1v) is 5.67. The van der Waals surface area contributed by atoms with Crippen molar-refractivity contribution in [2.45, 2.75) is 13.1 Å². The monoisotopic (exact) mass is 267 g/mol. The van der Waals surface area contributed by atoms with E-state index in [1.54, 1.807) is 18.2 Å².